The van der Waals surface area contributed by atoms with Gasteiger partial charge >= 0.3 is 6.36 Å². The lowest BCUT2D eigenvalue weighted by Gasteiger charge is -2.23. The van der Waals surface area contributed by atoms with Crippen LogP contribution in [0.5, 0.6) is 5.75 Å². The fourth-order valence-electron chi connectivity index (χ4n) is 2.15. The Morgan fingerprint density at radius 1 is 1.26 bits per heavy atom. The van der Waals surface area contributed by atoms with Gasteiger partial charge in [-0.05, 0) is 31.5 Å². The Kier molecular flexibility index (Phi) is 4.09. The van der Waals surface area contributed by atoms with Crippen molar-refractivity contribution in [3.63, 3.8) is 0 Å². The van der Waals surface area contributed by atoms with E-state index in [4.69, 9.17) is 0 Å². The molecule has 1 atom stereocenters. The Bertz CT molecular complexity index is 453. The van der Waals surface area contributed by atoms with E-state index >= 15 is 0 Å². The lowest BCUT2D eigenvalue weighted by molar-refractivity contribution is -0.274. The number of rotatable bonds is 3. The van der Waals surface area contributed by atoms with Gasteiger partial charge in [-0.1, -0.05) is 18.6 Å². The van der Waals surface area contributed by atoms with Crippen molar-refractivity contribution in [1.29, 1.82) is 0 Å². The van der Waals surface area contributed by atoms with Gasteiger partial charge in [-0.25, -0.2) is 0 Å². The number of carbonyl (C=O) groups is 1. The van der Waals surface area contributed by atoms with E-state index in [1.165, 1.54) is 18.2 Å². The summed E-state index contributed by atoms with van der Waals surface area (Å²) in [4.78, 5) is 12.2. The van der Waals surface area contributed by atoms with Gasteiger partial charge in [-0.3, -0.25) is 4.79 Å². The van der Waals surface area contributed by atoms with Gasteiger partial charge < -0.3 is 10.1 Å². The molecule has 1 N–H and O–H groups in total. The highest BCUT2D eigenvalue weighted by atomic mass is 19.4. The van der Waals surface area contributed by atoms with Crippen LogP contribution >= 0.6 is 0 Å². The summed E-state index contributed by atoms with van der Waals surface area (Å²) in [6, 6.07) is 5.03. The number of ketones is 1. The topological polar surface area (TPSA) is 38.3 Å². The van der Waals surface area contributed by atoms with Gasteiger partial charge in [0.1, 0.15) is 5.75 Å². The van der Waals surface area contributed by atoms with E-state index in [-0.39, 0.29) is 11.3 Å². The van der Waals surface area contributed by atoms with Crippen LogP contribution in [-0.4, -0.2) is 24.7 Å². The second-order valence-corrected chi connectivity index (χ2v) is 4.41. The lowest BCUT2D eigenvalue weighted by Crippen LogP contribution is -2.40. The van der Waals surface area contributed by atoms with Crippen molar-refractivity contribution in [1.82, 2.24) is 5.32 Å². The monoisotopic (exact) mass is 273 g/mol. The normalized spacial score (nSPS) is 20.1. The van der Waals surface area contributed by atoms with Crippen LogP contribution in [0.4, 0.5) is 13.2 Å². The third kappa shape index (κ3) is 3.70. The van der Waals surface area contributed by atoms with Crippen molar-refractivity contribution in [2.24, 2.45) is 0 Å². The fourth-order valence-corrected chi connectivity index (χ4v) is 2.15. The smallest absolute Gasteiger partial charge is 0.405 e. The van der Waals surface area contributed by atoms with Crippen molar-refractivity contribution >= 4 is 5.78 Å². The zero-order valence-electron chi connectivity index (χ0n) is 10.2. The number of hydrogen-bond acceptors (Lipinski definition) is 3. The summed E-state index contributed by atoms with van der Waals surface area (Å²) in [5, 5.41) is 3.02. The third-order valence-electron chi connectivity index (χ3n) is 3.01. The number of piperidine rings is 1. The average molecular weight is 273 g/mol. The number of ether oxygens (including phenoxy) is 1. The summed E-state index contributed by atoms with van der Waals surface area (Å²) in [5.74, 6) is -0.785. The maximum Gasteiger partial charge on any atom is 0.573 e. The first-order chi connectivity index (χ1) is 8.97. The predicted molar refractivity (Wildman–Crippen MR) is 63.1 cm³/mol. The molecule has 6 heteroatoms. The molecule has 1 heterocycles. The van der Waals surface area contributed by atoms with Crippen LogP contribution < -0.4 is 10.1 Å². The SMILES string of the molecule is O=C(c1ccccc1OC(F)(F)F)C1CCCCN1. The molecule has 1 saturated heterocycles. The van der Waals surface area contributed by atoms with E-state index in [9.17, 15) is 18.0 Å². The average Bonchev–Trinajstić information content (AvgIpc) is 2.38. The van der Waals surface area contributed by atoms with Crippen molar-refractivity contribution in [2.75, 3.05) is 6.54 Å². The Hall–Kier alpha value is -1.56. The Morgan fingerprint density at radius 2 is 2.00 bits per heavy atom. The van der Waals surface area contributed by atoms with E-state index in [1.807, 2.05) is 0 Å². The predicted octanol–water partition coefficient (Wildman–Crippen LogP) is 2.91. The van der Waals surface area contributed by atoms with Crippen LogP contribution in [0.25, 0.3) is 0 Å². The number of para-hydroxylation sites is 1. The van der Waals surface area contributed by atoms with Crippen molar-refractivity contribution in [3.8, 4) is 5.75 Å². The van der Waals surface area contributed by atoms with Crippen molar-refractivity contribution in [3.05, 3.63) is 29.8 Å². The summed E-state index contributed by atoms with van der Waals surface area (Å²) >= 11 is 0. The summed E-state index contributed by atoms with van der Waals surface area (Å²) in [6.07, 6.45) is -2.29. The minimum absolute atomic E-state index is 0.0285. The highest BCUT2D eigenvalue weighted by molar-refractivity contribution is 6.02. The van der Waals surface area contributed by atoms with Crippen molar-refractivity contribution in [2.45, 2.75) is 31.7 Å². The first-order valence-electron chi connectivity index (χ1n) is 6.10. The first kappa shape index (κ1) is 13.9. The Morgan fingerprint density at radius 3 is 2.63 bits per heavy atom. The molecule has 1 unspecified atom stereocenters. The molecule has 2 rings (SSSR count). The van der Waals surface area contributed by atoms with Crippen LogP contribution in [0.2, 0.25) is 0 Å². The molecular formula is C13H14F3NO2. The molecule has 0 aromatic heterocycles. The Labute approximate surface area is 108 Å². The molecule has 0 radical (unpaired) electrons. The number of benzene rings is 1. The van der Waals surface area contributed by atoms with Gasteiger partial charge in [-0.2, -0.15) is 0 Å². The van der Waals surface area contributed by atoms with Crippen LogP contribution in [0.15, 0.2) is 24.3 Å². The van der Waals surface area contributed by atoms with E-state index in [1.54, 1.807) is 0 Å². The number of hydrogen-bond donors (Lipinski definition) is 1. The molecular weight excluding hydrogens is 259 g/mol. The third-order valence-corrected chi connectivity index (χ3v) is 3.01. The zero-order chi connectivity index (χ0) is 13.9. The second-order valence-electron chi connectivity index (χ2n) is 4.41. The van der Waals surface area contributed by atoms with E-state index in [0.717, 1.165) is 18.9 Å². The summed E-state index contributed by atoms with van der Waals surface area (Å²) < 4.78 is 40.7. The molecule has 1 aromatic carbocycles. The Balaban J connectivity index is 2.21. The maximum absolute atomic E-state index is 12.3. The molecule has 1 fully saturated rings. The highest BCUT2D eigenvalue weighted by Crippen LogP contribution is 2.27. The molecule has 0 saturated carbocycles. The van der Waals surface area contributed by atoms with Crippen LogP contribution in [0.3, 0.4) is 0 Å². The number of nitrogens with one attached hydrogen (secondary N) is 1. The number of carbonyl (C=O) groups excluding carboxylic acids is 1. The van der Waals surface area contributed by atoms with Gasteiger partial charge in [0.2, 0.25) is 0 Å². The molecule has 0 amide bonds. The van der Waals surface area contributed by atoms with E-state index in [0.29, 0.717) is 13.0 Å². The lowest BCUT2D eigenvalue weighted by atomic mass is 9.96. The van der Waals surface area contributed by atoms with Crippen LogP contribution in [0.1, 0.15) is 29.6 Å². The molecule has 0 bridgehead atoms. The first-order valence-corrected chi connectivity index (χ1v) is 6.10. The summed E-state index contributed by atoms with van der Waals surface area (Å²) in [5.41, 5.74) is -0.0285. The van der Waals surface area contributed by atoms with E-state index < -0.39 is 18.2 Å². The van der Waals surface area contributed by atoms with Gasteiger partial charge in [0.05, 0.1) is 11.6 Å². The molecule has 1 aromatic rings. The van der Waals surface area contributed by atoms with Crippen LogP contribution in [-0.2, 0) is 0 Å². The summed E-state index contributed by atoms with van der Waals surface area (Å²) in [6.45, 7) is 0.707. The van der Waals surface area contributed by atoms with Gasteiger partial charge in [0, 0.05) is 0 Å². The van der Waals surface area contributed by atoms with Crippen molar-refractivity contribution < 1.29 is 22.7 Å². The molecule has 19 heavy (non-hydrogen) atoms. The molecule has 3 nitrogen and oxygen atoms in total. The number of halogens is 3. The highest BCUT2D eigenvalue weighted by Gasteiger charge is 2.33. The fraction of sp³-hybridized carbons (Fsp3) is 0.462. The largest absolute Gasteiger partial charge is 0.573 e. The van der Waals surface area contributed by atoms with Gasteiger partial charge in [-0.15, -0.1) is 13.2 Å². The van der Waals surface area contributed by atoms with Gasteiger partial charge in [0.25, 0.3) is 0 Å². The second kappa shape index (κ2) is 5.61. The standard InChI is InChI=1S/C13H14F3NO2/c14-13(15,16)19-11-7-2-1-5-9(11)12(18)10-6-3-4-8-17-10/h1-2,5,7,10,17H,3-4,6,8H2. The van der Waals surface area contributed by atoms with E-state index in [2.05, 4.69) is 10.1 Å². The molecule has 0 aliphatic carbocycles. The minimum atomic E-state index is -4.80. The molecule has 1 aliphatic heterocycles. The van der Waals surface area contributed by atoms with Gasteiger partial charge in [0.15, 0.2) is 5.78 Å². The van der Waals surface area contributed by atoms with Crippen LogP contribution in [0, 0.1) is 0 Å². The number of alkyl halides is 3. The zero-order valence-corrected chi connectivity index (χ0v) is 10.2. The minimum Gasteiger partial charge on any atom is -0.405 e. The summed E-state index contributed by atoms with van der Waals surface area (Å²) in [7, 11) is 0. The maximum atomic E-state index is 12.3. The molecule has 104 valence electrons. The molecule has 0 spiro atoms. The quantitative estimate of drug-likeness (QED) is 0.860. The number of Topliss-reactive ketones (excluding diaryl/α,β-unsaturated/α-hetero) is 1. The molecule has 1 aliphatic rings.